The van der Waals surface area contributed by atoms with Crippen molar-refractivity contribution in [3.05, 3.63) is 23.8 Å². The van der Waals surface area contributed by atoms with Crippen molar-refractivity contribution >= 4 is 35.1 Å². The monoisotopic (exact) mass is 414 g/mol. The first-order valence-electron chi connectivity index (χ1n) is 10.5. The molecule has 1 aliphatic heterocycles. The van der Waals surface area contributed by atoms with Crippen molar-refractivity contribution in [2.75, 3.05) is 17.2 Å². The van der Waals surface area contributed by atoms with Crippen LogP contribution in [0.1, 0.15) is 52.0 Å². The van der Waals surface area contributed by atoms with Gasteiger partial charge < -0.3 is 16.0 Å². The highest BCUT2D eigenvalue weighted by Crippen LogP contribution is 2.38. The fraction of sp³-hybridized carbons (Fsp3) is 0.545. The number of hydrogen-bond donors (Lipinski definition) is 3. The van der Waals surface area contributed by atoms with Crippen LogP contribution in [-0.2, 0) is 14.4 Å². The van der Waals surface area contributed by atoms with Gasteiger partial charge in [0.25, 0.3) is 5.91 Å². The maximum absolute atomic E-state index is 13.0. The summed E-state index contributed by atoms with van der Waals surface area (Å²) in [5.74, 6) is -1.03. The van der Waals surface area contributed by atoms with E-state index in [-0.39, 0.29) is 30.2 Å². The van der Waals surface area contributed by atoms with Crippen LogP contribution in [0.25, 0.3) is 0 Å². The molecule has 1 aliphatic carbocycles. The lowest BCUT2D eigenvalue weighted by molar-refractivity contribution is -0.136. The molecule has 2 aliphatic rings. The molecule has 3 rings (SSSR count). The molecule has 1 heterocycles. The molecule has 162 valence electrons. The van der Waals surface area contributed by atoms with E-state index in [1.165, 1.54) is 0 Å². The number of benzene rings is 1. The van der Waals surface area contributed by atoms with Crippen LogP contribution in [0, 0.1) is 18.8 Å². The molecule has 1 spiro atoms. The molecular formula is C22H30N4O4. The van der Waals surface area contributed by atoms with Gasteiger partial charge in [-0.15, -0.1) is 0 Å². The third-order valence-corrected chi connectivity index (χ3v) is 6.11. The number of amides is 5. The predicted molar refractivity (Wildman–Crippen MR) is 114 cm³/mol. The Kier molecular flexibility index (Phi) is 6.14. The van der Waals surface area contributed by atoms with Crippen LogP contribution in [0.2, 0.25) is 0 Å². The third kappa shape index (κ3) is 4.17. The summed E-state index contributed by atoms with van der Waals surface area (Å²) in [4.78, 5) is 51.0. The second-order valence-corrected chi connectivity index (χ2v) is 8.66. The van der Waals surface area contributed by atoms with E-state index in [1.807, 2.05) is 13.8 Å². The molecule has 2 unspecified atom stereocenters. The number of rotatable bonds is 5. The van der Waals surface area contributed by atoms with Crippen LogP contribution in [0.3, 0.4) is 0 Å². The normalized spacial score (nSPS) is 23.6. The van der Waals surface area contributed by atoms with E-state index in [4.69, 9.17) is 0 Å². The Balaban J connectivity index is 1.69. The Bertz CT molecular complexity index is 882. The van der Waals surface area contributed by atoms with E-state index < -0.39 is 17.5 Å². The van der Waals surface area contributed by atoms with Gasteiger partial charge in [-0.3, -0.25) is 19.3 Å². The summed E-state index contributed by atoms with van der Waals surface area (Å²) in [5.41, 5.74) is 1.02. The molecule has 0 bridgehead atoms. The molecule has 1 saturated carbocycles. The van der Waals surface area contributed by atoms with Crippen molar-refractivity contribution in [1.29, 1.82) is 0 Å². The molecule has 0 radical (unpaired) electrons. The van der Waals surface area contributed by atoms with E-state index in [1.54, 1.807) is 32.0 Å². The average molecular weight is 415 g/mol. The van der Waals surface area contributed by atoms with E-state index in [2.05, 4.69) is 16.0 Å². The lowest BCUT2D eigenvalue weighted by Crippen LogP contribution is -2.54. The van der Waals surface area contributed by atoms with Crippen molar-refractivity contribution in [3.8, 4) is 0 Å². The van der Waals surface area contributed by atoms with E-state index in [9.17, 15) is 19.2 Å². The molecule has 1 saturated heterocycles. The Hall–Kier alpha value is -2.90. The largest absolute Gasteiger partial charge is 0.326 e. The van der Waals surface area contributed by atoms with Crippen LogP contribution in [0.5, 0.6) is 0 Å². The number of aryl methyl sites for hydroxylation is 1. The first-order chi connectivity index (χ1) is 14.1. The van der Waals surface area contributed by atoms with Crippen molar-refractivity contribution < 1.29 is 19.2 Å². The van der Waals surface area contributed by atoms with Crippen LogP contribution < -0.4 is 16.0 Å². The molecular weight excluding hydrogens is 384 g/mol. The molecule has 8 nitrogen and oxygen atoms in total. The summed E-state index contributed by atoms with van der Waals surface area (Å²) >= 11 is 0. The minimum Gasteiger partial charge on any atom is -0.326 e. The molecule has 3 N–H and O–H groups in total. The van der Waals surface area contributed by atoms with Crippen LogP contribution in [-0.4, -0.2) is 40.7 Å². The average Bonchev–Trinajstić information content (AvgIpc) is 2.91. The zero-order chi connectivity index (χ0) is 22.1. The summed E-state index contributed by atoms with van der Waals surface area (Å²) in [6, 6.07) is 4.71. The fourth-order valence-corrected chi connectivity index (χ4v) is 4.09. The van der Waals surface area contributed by atoms with Crippen LogP contribution in [0.4, 0.5) is 16.2 Å². The fourth-order valence-electron chi connectivity index (χ4n) is 4.09. The molecule has 30 heavy (non-hydrogen) atoms. The zero-order valence-corrected chi connectivity index (χ0v) is 18.0. The Morgan fingerprint density at radius 3 is 2.63 bits per heavy atom. The Labute approximate surface area is 176 Å². The molecule has 8 heteroatoms. The van der Waals surface area contributed by atoms with Gasteiger partial charge in [-0.25, -0.2) is 4.79 Å². The van der Waals surface area contributed by atoms with Gasteiger partial charge in [0, 0.05) is 17.3 Å². The Morgan fingerprint density at radius 1 is 1.23 bits per heavy atom. The standard InChI is InChI=1S/C22H30N4O4/c1-13(2)19(28)23-16-9-8-14(3)17(11-16)24-18(27)12-26-20(29)22(25-21(26)30)10-6-5-7-15(22)4/h8-9,11,13,15H,5-7,10,12H2,1-4H3,(H,23,28)(H,24,27)(H,25,30). The highest BCUT2D eigenvalue weighted by molar-refractivity contribution is 6.10. The molecule has 1 aromatic carbocycles. The maximum atomic E-state index is 13.0. The first kappa shape index (κ1) is 21.8. The maximum Gasteiger partial charge on any atom is 0.325 e. The molecule has 1 aromatic rings. The molecule has 5 amide bonds. The van der Waals surface area contributed by atoms with Gasteiger partial charge in [-0.05, 0) is 43.4 Å². The lowest BCUT2D eigenvalue weighted by Gasteiger charge is -2.36. The highest BCUT2D eigenvalue weighted by atomic mass is 16.2. The van der Waals surface area contributed by atoms with Crippen LogP contribution in [0.15, 0.2) is 18.2 Å². The summed E-state index contributed by atoms with van der Waals surface area (Å²) in [6.45, 7) is 7.05. The van der Waals surface area contributed by atoms with Gasteiger partial charge in [0.05, 0.1) is 0 Å². The number of nitrogens with one attached hydrogen (secondary N) is 3. The van der Waals surface area contributed by atoms with Crippen molar-refractivity contribution in [1.82, 2.24) is 10.2 Å². The van der Waals surface area contributed by atoms with Crippen LogP contribution >= 0.6 is 0 Å². The van der Waals surface area contributed by atoms with Gasteiger partial charge in [0.1, 0.15) is 12.1 Å². The summed E-state index contributed by atoms with van der Waals surface area (Å²) in [5, 5.41) is 8.40. The Morgan fingerprint density at radius 2 is 1.97 bits per heavy atom. The first-order valence-corrected chi connectivity index (χ1v) is 10.5. The predicted octanol–water partition coefficient (Wildman–Crippen LogP) is 3.03. The van der Waals surface area contributed by atoms with E-state index in [0.717, 1.165) is 29.7 Å². The molecule has 2 fully saturated rings. The molecule has 2 atom stereocenters. The number of carbonyl (C=O) groups excluding carboxylic acids is 4. The lowest BCUT2D eigenvalue weighted by atomic mass is 9.73. The zero-order valence-electron chi connectivity index (χ0n) is 18.0. The SMILES string of the molecule is Cc1ccc(NC(=O)C(C)C)cc1NC(=O)CN1C(=O)NC2(CCCCC2C)C1=O. The van der Waals surface area contributed by atoms with Gasteiger partial charge in [-0.1, -0.05) is 39.7 Å². The van der Waals surface area contributed by atoms with Gasteiger partial charge >= 0.3 is 6.03 Å². The summed E-state index contributed by atoms with van der Waals surface area (Å²) in [7, 11) is 0. The van der Waals surface area contributed by atoms with E-state index >= 15 is 0 Å². The second-order valence-electron chi connectivity index (χ2n) is 8.66. The van der Waals surface area contributed by atoms with Crippen molar-refractivity contribution in [3.63, 3.8) is 0 Å². The summed E-state index contributed by atoms with van der Waals surface area (Å²) < 4.78 is 0. The number of hydrogen-bond acceptors (Lipinski definition) is 4. The molecule has 0 aromatic heterocycles. The number of anilines is 2. The minimum absolute atomic E-state index is 0.0410. The van der Waals surface area contributed by atoms with Crippen molar-refractivity contribution in [2.24, 2.45) is 11.8 Å². The van der Waals surface area contributed by atoms with Crippen molar-refractivity contribution in [2.45, 2.75) is 58.9 Å². The number of imide groups is 1. The highest BCUT2D eigenvalue weighted by Gasteiger charge is 2.55. The number of urea groups is 1. The summed E-state index contributed by atoms with van der Waals surface area (Å²) in [6.07, 6.45) is 3.40. The smallest absolute Gasteiger partial charge is 0.325 e. The van der Waals surface area contributed by atoms with Gasteiger partial charge in [-0.2, -0.15) is 0 Å². The van der Waals surface area contributed by atoms with E-state index in [0.29, 0.717) is 17.8 Å². The number of nitrogens with zero attached hydrogens (tertiary/aromatic N) is 1. The quantitative estimate of drug-likeness (QED) is 0.644. The van der Waals surface area contributed by atoms with Gasteiger partial charge in [0.15, 0.2) is 0 Å². The van der Waals surface area contributed by atoms with Gasteiger partial charge in [0.2, 0.25) is 11.8 Å². The second kappa shape index (κ2) is 8.45. The number of carbonyl (C=O) groups is 4. The third-order valence-electron chi connectivity index (χ3n) is 6.11. The topological polar surface area (TPSA) is 108 Å². The minimum atomic E-state index is -0.882.